The molecule has 0 aliphatic heterocycles. The third kappa shape index (κ3) is 1.99. The topological polar surface area (TPSA) is 42.0 Å². The highest BCUT2D eigenvalue weighted by Crippen LogP contribution is 2.19. The van der Waals surface area contributed by atoms with E-state index in [-0.39, 0.29) is 5.91 Å². The van der Waals surface area contributed by atoms with E-state index < -0.39 is 0 Å². The first-order chi connectivity index (χ1) is 6.79. The molecule has 1 aromatic rings. The molecule has 0 spiro atoms. The molecule has 2 rings (SSSR count). The van der Waals surface area contributed by atoms with E-state index in [0.29, 0.717) is 11.6 Å². The molecule has 1 heterocycles. The molecular formula is C11H12N2O. The van der Waals surface area contributed by atoms with Gasteiger partial charge in [0.1, 0.15) is 0 Å². The number of hydrogen-bond acceptors (Lipinski definition) is 2. The molecule has 0 bridgehead atoms. The minimum Gasteiger partial charge on any atom is -0.349 e. The Hall–Kier alpha value is -1.64. The van der Waals surface area contributed by atoms with Gasteiger partial charge in [-0.3, -0.25) is 9.78 Å². The molecule has 0 radical (unpaired) electrons. The molecule has 0 unspecified atom stereocenters. The van der Waals surface area contributed by atoms with E-state index in [1.165, 1.54) is 0 Å². The summed E-state index contributed by atoms with van der Waals surface area (Å²) in [7, 11) is 0. The number of rotatable bonds is 3. The van der Waals surface area contributed by atoms with Gasteiger partial charge in [-0.15, -0.1) is 0 Å². The molecule has 1 saturated carbocycles. The largest absolute Gasteiger partial charge is 0.349 e. The Bertz CT molecular complexity index is 369. The van der Waals surface area contributed by atoms with Crippen LogP contribution in [0.3, 0.4) is 0 Å². The van der Waals surface area contributed by atoms with Crippen LogP contribution in [0.4, 0.5) is 0 Å². The molecule has 3 nitrogen and oxygen atoms in total. The summed E-state index contributed by atoms with van der Waals surface area (Å²) in [5.74, 6) is -0.0382. The molecule has 1 fully saturated rings. The normalized spacial score (nSPS) is 14.9. The van der Waals surface area contributed by atoms with Crippen LogP contribution in [0.1, 0.15) is 28.8 Å². The number of carbonyl (C=O) groups is 1. The van der Waals surface area contributed by atoms with Gasteiger partial charge >= 0.3 is 0 Å². The van der Waals surface area contributed by atoms with Crippen molar-refractivity contribution in [2.45, 2.75) is 18.9 Å². The monoisotopic (exact) mass is 188 g/mol. The maximum Gasteiger partial charge on any atom is 0.253 e. The number of pyridine rings is 1. The smallest absolute Gasteiger partial charge is 0.253 e. The SMILES string of the molecule is C=Cc1cncc(C(=O)NC2CC2)c1. The summed E-state index contributed by atoms with van der Waals surface area (Å²) >= 11 is 0. The lowest BCUT2D eigenvalue weighted by Crippen LogP contribution is -2.25. The highest BCUT2D eigenvalue weighted by Gasteiger charge is 2.23. The van der Waals surface area contributed by atoms with E-state index in [4.69, 9.17) is 0 Å². The minimum atomic E-state index is -0.0382. The van der Waals surface area contributed by atoms with Crippen LogP contribution in [0.2, 0.25) is 0 Å². The molecular weight excluding hydrogens is 176 g/mol. The third-order valence-electron chi connectivity index (χ3n) is 2.17. The molecule has 3 heteroatoms. The van der Waals surface area contributed by atoms with Gasteiger partial charge in [0.05, 0.1) is 5.56 Å². The Morgan fingerprint density at radius 3 is 3.00 bits per heavy atom. The third-order valence-corrected chi connectivity index (χ3v) is 2.17. The zero-order valence-corrected chi connectivity index (χ0v) is 7.86. The van der Waals surface area contributed by atoms with E-state index in [2.05, 4.69) is 16.9 Å². The summed E-state index contributed by atoms with van der Waals surface area (Å²) in [4.78, 5) is 15.5. The van der Waals surface area contributed by atoms with E-state index in [9.17, 15) is 4.79 Å². The van der Waals surface area contributed by atoms with Crippen LogP contribution in [-0.2, 0) is 0 Å². The number of hydrogen-bond donors (Lipinski definition) is 1. The van der Waals surface area contributed by atoms with Gasteiger partial charge in [0.15, 0.2) is 0 Å². The first kappa shape index (κ1) is 8.94. The van der Waals surface area contributed by atoms with Crippen molar-refractivity contribution in [2.75, 3.05) is 0 Å². The molecule has 1 aromatic heterocycles. The standard InChI is InChI=1S/C11H12N2O/c1-2-8-5-9(7-12-6-8)11(14)13-10-3-4-10/h2,5-7,10H,1,3-4H2,(H,13,14). The van der Waals surface area contributed by atoms with Gasteiger partial charge in [0.2, 0.25) is 0 Å². The van der Waals surface area contributed by atoms with E-state index in [1.54, 1.807) is 24.5 Å². The lowest BCUT2D eigenvalue weighted by Gasteiger charge is -2.02. The predicted octanol–water partition coefficient (Wildman–Crippen LogP) is 1.62. The number of carbonyl (C=O) groups excluding carboxylic acids is 1. The van der Waals surface area contributed by atoms with Crippen molar-refractivity contribution in [2.24, 2.45) is 0 Å². The number of amides is 1. The van der Waals surface area contributed by atoms with Gasteiger partial charge in [-0.1, -0.05) is 12.7 Å². The highest BCUT2D eigenvalue weighted by molar-refractivity contribution is 5.94. The summed E-state index contributed by atoms with van der Waals surface area (Å²) in [6, 6.07) is 2.17. The van der Waals surface area contributed by atoms with Crippen molar-refractivity contribution in [3.05, 3.63) is 36.2 Å². The number of aromatic nitrogens is 1. The first-order valence-electron chi connectivity index (χ1n) is 4.68. The second-order valence-electron chi connectivity index (χ2n) is 3.46. The van der Waals surface area contributed by atoms with Crippen molar-refractivity contribution in [1.82, 2.24) is 10.3 Å². The lowest BCUT2D eigenvalue weighted by atomic mass is 10.2. The number of nitrogens with one attached hydrogen (secondary N) is 1. The number of nitrogens with zero attached hydrogens (tertiary/aromatic N) is 1. The van der Waals surface area contributed by atoms with E-state index >= 15 is 0 Å². The maximum absolute atomic E-state index is 11.6. The minimum absolute atomic E-state index is 0.0382. The summed E-state index contributed by atoms with van der Waals surface area (Å²) in [5.41, 5.74) is 1.47. The lowest BCUT2D eigenvalue weighted by molar-refractivity contribution is 0.0950. The summed E-state index contributed by atoms with van der Waals surface area (Å²) in [5, 5.41) is 2.91. The van der Waals surface area contributed by atoms with Crippen molar-refractivity contribution in [3.8, 4) is 0 Å². The molecule has 1 N–H and O–H groups in total. The van der Waals surface area contributed by atoms with Crippen LogP contribution in [-0.4, -0.2) is 16.9 Å². The molecule has 1 amide bonds. The molecule has 0 saturated heterocycles. The Labute approximate surface area is 82.9 Å². The Kier molecular flexibility index (Phi) is 2.31. The zero-order valence-electron chi connectivity index (χ0n) is 7.86. The van der Waals surface area contributed by atoms with Crippen molar-refractivity contribution in [3.63, 3.8) is 0 Å². The average molecular weight is 188 g/mol. The Morgan fingerprint density at radius 2 is 2.36 bits per heavy atom. The summed E-state index contributed by atoms with van der Waals surface area (Å²) in [6.07, 6.45) is 7.13. The average Bonchev–Trinajstić information content (AvgIpc) is 3.02. The Morgan fingerprint density at radius 1 is 1.57 bits per heavy atom. The van der Waals surface area contributed by atoms with E-state index in [1.807, 2.05) is 0 Å². The second kappa shape index (κ2) is 3.62. The molecule has 0 aromatic carbocycles. The Balaban J connectivity index is 2.12. The fraction of sp³-hybridized carbons (Fsp3) is 0.273. The van der Waals surface area contributed by atoms with Crippen LogP contribution in [0, 0.1) is 0 Å². The zero-order chi connectivity index (χ0) is 9.97. The molecule has 14 heavy (non-hydrogen) atoms. The van der Waals surface area contributed by atoms with E-state index in [0.717, 1.165) is 18.4 Å². The van der Waals surface area contributed by atoms with Gasteiger partial charge in [0, 0.05) is 18.4 Å². The van der Waals surface area contributed by atoms with Crippen LogP contribution in [0.5, 0.6) is 0 Å². The van der Waals surface area contributed by atoms with Crippen LogP contribution >= 0.6 is 0 Å². The van der Waals surface area contributed by atoms with Gasteiger partial charge in [-0.05, 0) is 24.5 Å². The van der Waals surface area contributed by atoms with Crippen LogP contribution in [0.25, 0.3) is 6.08 Å². The highest BCUT2D eigenvalue weighted by atomic mass is 16.1. The van der Waals surface area contributed by atoms with Crippen molar-refractivity contribution < 1.29 is 4.79 Å². The van der Waals surface area contributed by atoms with Crippen molar-refractivity contribution >= 4 is 12.0 Å². The maximum atomic E-state index is 11.6. The molecule has 72 valence electrons. The van der Waals surface area contributed by atoms with Gasteiger partial charge in [-0.25, -0.2) is 0 Å². The van der Waals surface area contributed by atoms with Gasteiger partial charge in [0.25, 0.3) is 5.91 Å². The predicted molar refractivity (Wildman–Crippen MR) is 54.8 cm³/mol. The van der Waals surface area contributed by atoms with Crippen LogP contribution < -0.4 is 5.32 Å². The van der Waals surface area contributed by atoms with Gasteiger partial charge in [-0.2, -0.15) is 0 Å². The molecule has 1 aliphatic rings. The summed E-state index contributed by atoms with van der Waals surface area (Å²) in [6.45, 7) is 3.63. The molecule has 0 atom stereocenters. The second-order valence-corrected chi connectivity index (χ2v) is 3.46. The summed E-state index contributed by atoms with van der Waals surface area (Å²) < 4.78 is 0. The van der Waals surface area contributed by atoms with Crippen LogP contribution in [0.15, 0.2) is 25.0 Å². The quantitative estimate of drug-likeness (QED) is 0.783. The fourth-order valence-electron chi connectivity index (χ4n) is 1.19. The first-order valence-corrected chi connectivity index (χ1v) is 4.68. The fourth-order valence-corrected chi connectivity index (χ4v) is 1.19. The molecule has 1 aliphatic carbocycles. The van der Waals surface area contributed by atoms with Crippen molar-refractivity contribution in [1.29, 1.82) is 0 Å². The van der Waals surface area contributed by atoms with Gasteiger partial charge < -0.3 is 5.32 Å².